The maximum Gasteiger partial charge on any atom is 0.305 e. The zero-order chi connectivity index (χ0) is 13.8. The van der Waals surface area contributed by atoms with Crippen LogP contribution in [0, 0.1) is 0 Å². The van der Waals surface area contributed by atoms with Crippen molar-refractivity contribution in [3.05, 3.63) is 24.3 Å². The third-order valence-electron chi connectivity index (χ3n) is 3.50. The first kappa shape index (κ1) is 13.7. The van der Waals surface area contributed by atoms with Crippen LogP contribution in [0.4, 0.5) is 5.69 Å². The summed E-state index contributed by atoms with van der Waals surface area (Å²) in [6.45, 7) is 2.57. The summed E-state index contributed by atoms with van der Waals surface area (Å²) in [4.78, 5) is 15.3. The highest BCUT2D eigenvalue weighted by molar-refractivity contribution is 5.69. The molecule has 1 heterocycles. The summed E-state index contributed by atoms with van der Waals surface area (Å²) in [5.74, 6) is 0.0615. The highest BCUT2D eigenvalue weighted by atomic mass is 16.5. The predicted octanol–water partition coefficient (Wildman–Crippen LogP) is 1.29. The fourth-order valence-electron chi connectivity index (χ4n) is 2.50. The van der Waals surface area contributed by atoms with E-state index in [1.54, 1.807) is 7.11 Å². The van der Waals surface area contributed by atoms with Gasteiger partial charge in [0.2, 0.25) is 0 Å². The Bertz CT molecular complexity index is 433. The summed E-state index contributed by atoms with van der Waals surface area (Å²) in [6, 6.07) is 7.80. The molecule has 0 radical (unpaired) electrons. The molecule has 1 N–H and O–H groups in total. The van der Waals surface area contributed by atoms with Gasteiger partial charge >= 0.3 is 5.97 Å². The van der Waals surface area contributed by atoms with Gasteiger partial charge in [0.1, 0.15) is 5.75 Å². The van der Waals surface area contributed by atoms with E-state index in [-0.39, 0.29) is 12.5 Å². The number of anilines is 1. The largest absolute Gasteiger partial charge is 0.497 e. The van der Waals surface area contributed by atoms with Gasteiger partial charge in [-0.25, -0.2) is 0 Å². The molecule has 1 aliphatic rings. The lowest BCUT2D eigenvalue weighted by atomic mass is 10.1. The summed E-state index contributed by atoms with van der Waals surface area (Å²) < 4.78 is 5.14. The highest BCUT2D eigenvalue weighted by Gasteiger charge is 2.27. The number of hydrogen-bond donors (Lipinski definition) is 1. The summed E-state index contributed by atoms with van der Waals surface area (Å²) in [5, 5.41) is 9.03. The summed E-state index contributed by atoms with van der Waals surface area (Å²) in [6.07, 6.45) is 0.163. The van der Waals surface area contributed by atoms with Gasteiger partial charge in [-0.2, -0.15) is 0 Å². The predicted molar refractivity (Wildman–Crippen MR) is 73.9 cm³/mol. The van der Waals surface area contributed by atoms with Gasteiger partial charge in [0.05, 0.1) is 19.6 Å². The molecule has 0 aromatic heterocycles. The molecule has 0 spiro atoms. The van der Waals surface area contributed by atoms with Gasteiger partial charge in [0.15, 0.2) is 0 Å². The van der Waals surface area contributed by atoms with Crippen LogP contribution in [0.3, 0.4) is 0 Å². The molecule has 1 fully saturated rings. The Morgan fingerprint density at radius 3 is 2.63 bits per heavy atom. The molecular formula is C14H20N2O3. The van der Waals surface area contributed by atoms with Crippen LogP contribution >= 0.6 is 0 Å². The standard InChI is InChI=1S/C14H20N2O3/c1-15-7-8-16(12(10-15)9-14(17)18)11-3-5-13(19-2)6-4-11/h3-6,12H,7-10H2,1-2H3,(H,17,18). The topological polar surface area (TPSA) is 53.0 Å². The van der Waals surface area contributed by atoms with E-state index in [1.165, 1.54) is 0 Å². The molecule has 1 unspecified atom stereocenters. The molecule has 0 bridgehead atoms. The summed E-state index contributed by atoms with van der Waals surface area (Å²) >= 11 is 0. The van der Waals surface area contributed by atoms with E-state index in [1.807, 2.05) is 31.3 Å². The first-order chi connectivity index (χ1) is 9.10. The van der Waals surface area contributed by atoms with Crippen molar-refractivity contribution in [3.8, 4) is 5.75 Å². The smallest absolute Gasteiger partial charge is 0.305 e. The number of nitrogens with zero attached hydrogens (tertiary/aromatic N) is 2. The van der Waals surface area contributed by atoms with E-state index < -0.39 is 5.97 Å². The molecule has 1 atom stereocenters. The molecule has 0 aliphatic carbocycles. The highest BCUT2D eigenvalue weighted by Crippen LogP contribution is 2.24. The normalized spacial score (nSPS) is 20.3. The number of hydrogen-bond acceptors (Lipinski definition) is 4. The summed E-state index contributed by atoms with van der Waals surface area (Å²) in [7, 11) is 3.66. The van der Waals surface area contributed by atoms with Crippen LogP contribution < -0.4 is 9.64 Å². The number of benzene rings is 1. The Balaban J connectivity index is 2.16. The minimum Gasteiger partial charge on any atom is -0.497 e. The Kier molecular flexibility index (Phi) is 4.27. The van der Waals surface area contributed by atoms with E-state index in [0.29, 0.717) is 0 Å². The Morgan fingerprint density at radius 2 is 2.05 bits per heavy atom. The van der Waals surface area contributed by atoms with Gasteiger partial charge < -0.3 is 19.6 Å². The SMILES string of the molecule is COc1ccc(N2CCN(C)CC2CC(=O)O)cc1. The minimum absolute atomic E-state index is 0.0182. The van der Waals surface area contributed by atoms with Crippen LogP contribution in [0.15, 0.2) is 24.3 Å². The molecule has 1 aromatic carbocycles. The second-order valence-corrected chi connectivity index (χ2v) is 4.91. The van der Waals surface area contributed by atoms with Gasteiger partial charge in [-0.05, 0) is 31.3 Å². The number of piperazine rings is 1. The van der Waals surface area contributed by atoms with E-state index in [4.69, 9.17) is 9.84 Å². The Labute approximate surface area is 113 Å². The van der Waals surface area contributed by atoms with E-state index in [2.05, 4.69) is 9.80 Å². The van der Waals surface area contributed by atoms with Crippen LogP contribution in [0.5, 0.6) is 5.75 Å². The second kappa shape index (κ2) is 5.93. The van der Waals surface area contributed by atoms with Crippen molar-refractivity contribution in [2.75, 3.05) is 38.7 Å². The summed E-state index contributed by atoms with van der Waals surface area (Å²) in [5.41, 5.74) is 1.06. The van der Waals surface area contributed by atoms with E-state index in [0.717, 1.165) is 31.1 Å². The van der Waals surface area contributed by atoms with Crippen LogP contribution in [-0.2, 0) is 4.79 Å². The number of aliphatic carboxylic acids is 1. The van der Waals surface area contributed by atoms with Crippen LogP contribution in [0.25, 0.3) is 0 Å². The first-order valence-electron chi connectivity index (χ1n) is 6.41. The average Bonchev–Trinajstić information content (AvgIpc) is 2.38. The zero-order valence-electron chi connectivity index (χ0n) is 11.4. The molecule has 0 saturated carbocycles. The molecule has 0 amide bonds. The van der Waals surface area contributed by atoms with Crippen LogP contribution in [0.1, 0.15) is 6.42 Å². The van der Waals surface area contributed by atoms with Crippen molar-refractivity contribution in [1.29, 1.82) is 0 Å². The third-order valence-corrected chi connectivity index (χ3v) is 3.50. The number of rotatable bonds is 4. The lowest BCUT2D eigenvalue weighted by Crippen LogP contribution is -2.52. The first-order valence-corrected chi connectivity index (χ1v) is 6.41. The Morgan fingerprint density at radius 1 is 1.37 bits per heavy atom. The van der Waals surface area contributed by atoms with Crippen molar-refractivity contribution in [1.82, 2.24) is 4.90 Å². The van der Waals surface area contributed by atoms with Crippen molar-refractivity contribution in [3.63, 3.8) is 0 Å². The van der Waals surface area contributed by atoms with Crippen molar-refractivity contribution in [2.45, 2.75) is 12.5 Å². The molecule has 1 aliphatic heterocycles. The van der Waals surface area contributed by atoms with Gasteiger partial charge in [0.25, 0.3) is 0 Å². The van der Waals surface area contributed by atoms with Gasteiger partial charge in [-0.1, -0.05) is 0 Å². The molecule has 2 rings (SSSR count). The quantitative estimate of drug-likeness (QED) is 0.888. The van der Waals surface area contributed by atoms with Gasteiger partial charge in [-0.15, -0.1) is 0 Å². The number of carboxylic acid groups (broad SMARTS) is 1. The molecule has 1 aromatic rings. The number of carbonyl (C=O) groups is 1. The zero-order valence-corrected chi connectivity index (χ0v) is 11.4. The van der Waals surface area contributed by atoms with Crippen LogP contribution in [-0.4, -0.2) is 55.8 Å². The molecule has 19 heavy (non-hydrogen) atoms. The molecule has 1 saturated heterocycles. The average molecular weight is 264 g/mol. The lowest BCUT2D eigenvalue weighted by Gasteiger charge is -2.41. The van der Waals surface area contributed by atoms with Crippen molar-refractivity contribution < 1.29 is 14.6 Å². The fourth-order valence-corrected chi connectivity index (χ4v) is 2.50. The monoisotopic (exact) mass is 264 g/mol. The molecule has 104 valence electrons. The Hall–Kier alpha value is -1.75. The van der Waals surface area contributed by atoms with Gasteiger partial charge in [0, 0.05) is 25.3 Å². The van der Waals surface area contributed by atoms with E-state index >= 15 is 0 Å². The molecule has 5 heteroatoms. The van der Waals surface area contributed by atoms with Crippen molar-refractivity contribution in [2.24, 2.45) is 0 Å². The number of carboxylic acids is 1. The number of likely N-dealkylation sites (N-methyl/N-ethyl adjacent to an activating group) is 1. The maximum atomic E-state index is 11.0. The van der Waals surface area contributed by atoms with E-state index in [9.17, 15) is 4.79 Å². The minimum atomic E-state index is -0.751. The maximum absolute atomic E-state index is 11.0. The number of ether oxygens (including phenoxy) is 1. The lowest BCUT2D eigenvalue weighted by molar-refractivity contribution is -0.137. The van der Waals surface area contributed by atoms with Crippen LogP contribution in [0.2, 0.25) is 0 Å². The van der Waals surface area contributed by atoms with Crippen molar-refractivity contribution >= 4 is 11.7 Å². The molecule has 5 nitrogen and oxygen atoms in total. The molecular weight excluding hydrogens is 244 g/mol. The second-order valence-electron chi connectivity index (χ2n) is 4.91. The number of methoxy groups -OCH3 is 1. The van der Waals surface area contributed by atoms with Gasteiger partial charge in [-0.3, -0.25) is 4.79 Å². The fraction of sp³-hybridized carbons (Fsp3) is 0.500. The third kappa shape index (κ3) is 3.38.